The molecule has 0 aromatic heterocycles. The van der Waals surface area contributed by atoms with Gasteiger partial charge >= 0.3 is 0 Å². The molecule has 0 bridgehead atoms. The smallest absolute Gasteiger partial charge is 0.227 e. The Morgan fingerprint density at radius 1 is 1.32 bits per heavy atom. The molecule has 1 unspecified atom stereocenters. The van der Waals surface area contributed by atoms with Gasteiger partial charge in [0.15, 0.2) is 0 Å². The van der Waals surface area contributed by atoms with Crippen molar-refractivity contribution in [2.75, 3.05) is 59.0 Å². The molecule has 2 heterocycles. The van der Waals surface area contributed by atoms with Gasteiger partial charge in [0.1, 0.15) is 0 Å². The van der Waals surface area contributed by atoms with Crippen molar-refractivity contribution < 1.29 is 9.53 Å². The van der Waals surface area contributed by atoms with E-state index in [0.29, 0.717) is 5.91 Å². The summed E-state index contributed by atoms with van der Waals surface area (Å²) in [4.78, 5) is 16.8. The van der Waals surface area contributed by atoms with E-state index in [-0.39, 0.29) is 5.92 Å². The highest BCUT2D eigenvalue weighted by Crippen LogP contribution is 2.14. The monoisotopic (exact) mass is 269 g/mol. The number of rotatable bonds is 5. The van der Waals surface area contributed by atoms with Gasteiger partial charge in [-0.3, -0.25) is 9.69 Å². The lowest BCUT2D eigenvalue weighted by atomic mass is 9.98. The molecule has 0 aromatic rings. The largest absolute Gasteiger partial charge is 0.380 e. The zero-order valence-corrected chi connectivity index (χ0v) is 12.1. The molecule has 2 saturated heterocycles. The molecule has 0 aromatic carbocycles. The van der Waals surface area contributed by atoms with E-state index < -0.39 is 0 Å². The van der Waals surface area contributed by atoms with E-state index in [0.717, 1.165) is 71.9 Å². The fourth-order valence-corrected chi connectivity index (χ4v) is 2.85. The van der Waals surface area contributed by atoms with Gasteiger partial charge in [0, 0.05) is 45.9 Å². The number of piperazine rings is 1. The molecule has 2 rings (SSSR count). The molecule has 19 heavy (non-hydrogen) atoms. The van der Waals surface area contributed by atoms with Gasteiger partial charge in [-0.15, -0.1) is 0 Å². The summed E-state index contributed by atoms with van der Waals surface area (Å²) >= 11 is 0. The second-order valence-corrected chi connectivity index (χ2v) is 5.41. The number of piperidine rings is 1. The van der Waals surface area contributed by atoms with Crippen molar-refractivity contribution in [1.82, 2.24) is 15.1 Å². The minimum Gasteiger partial charge on any atom is -0.380 e. The highest BCUT2D eigenvalue weighted by molar-refractivity contribution is 5.79. The molecule has 2 aliphatic rings. The zero-order valence-electron chi connectivity index (χ0n) is 12.1. The Balaban J connectivity index is 1.68. The number of amides is 1. The molecule has 1 N–H and O–H groups in total. The van der Waals surface area contributed by atoms with Crippen molar-refractivity contribution in [3.05, 3.63) is 0 Å². The molecular weight excluding hydrogens is 242 g/mol. The highest BCUT2D eigenvalue weighted by Gasteiger charge is 2.28. The number of carbonyl (C=O) groups excluding carboxylic acids is 1. The normalized spacial score (nSPS) is 25.5. The Morgan fingerprint density at radius 2 is 2.11 bits per heavy atom. The Bertz CT molecular complexity index is 272. The number of ether oxygens (including phenoxy) is 1. The lowest BCUT2D eigenvalue weighted by Crippen LogP contribution is -2.52. The number of hydrogen-bond acceptors (Lipinski definition) is 4. The van der Waals surface area contributed by atoms with E-state index in [9.17, 15) is 4.79 Å². The number of hydrogen-bond donors (Lipinski definition) is 1. The molecule has 2 aliphatic heterocycles. The quantitative estimate of drug-likeness (QED) is 0.723. The van der Waals surface area contributed by atoms with Crippen LogP contribution in [-0.4, -0.2) is 74.7 Å². The number of nitrogens with one attached hydrogen (secondary N) is 1. The van der Waals surface area contributed by atoms with Gasteiger partial charge in [-0.1, -0.05) is 0 Å². The lowest BCUT2D eigenvalue weighted by Gasteiger charge is -2.37. The van der Waals surface area contributed by atoms with E-state index in [1.807, 2.05) is 6.92 Å². The molecule has 0 radical (unpaired) electrons. The van der Waals surface area contributed by atoms with Gasteiger partial charge < -0.3 is 15.0 Å². The van der Waals surface area contributed by atoms with Crippen molar-refractivity contribution in [2.24, 2.45) is 5.92 Å². The van der Waals surface area contributed by atoms with E-state index >= 15 is 0 Å². The first kappa shape index (κ1) is 14.8. The summed E-state index contributed by atoms with van der Waals surface area (Å²) < 4.78 is 5.38. The number of carbonyl (C=O) groups is 1. The average Bonchev–Trinajstić information content (AvgIpc) is 2.48. The third-order valence-corrected chi connectivity index (χ3v) is 4.09. The predicted octanol–water partition coefficient (Wildman–Crippen LogP) is 0.167. The first-order valence-electron chi connectivity index (χ1n) is 7.61. The van der Waals surface area contributed by atoms with E-state index in [1.165, 1.54) is 0 Å². The van der Waals surface area contributed by atoms with Crippen molar-refractivity contribution >= 4 is 5.91 Å². The zero-order chi connectivity index (χ0) is 13.5. The van der Waals surface area contributed by atoms with Crippen LogP contribution in [0.5, 0.6) is 0 Å². The number of nitrogens with zero attached hydrogens (tertiary/aromatic N) is 2. The van der Waals surface area contributed by atoms with Gasteiger partial charge in [0.25, 0.3) is 0 Å². The Kier molecular flexibility index (Phi) is 6.07. The Labute approximate surface area is 116 Å². The molecule has 0 aliphatic carbocycles. The molecule has 5 nitrogen and oxygen atoms in total. The van der Waals surface area contributed by atoms with Crippen LogP contribution in [0.25, 0.3) is 0 Å². The van der Waals surface area contributed by atoms with E-state index in [4.69, 9.17) is 4.74 Å². The minimum atomic E-state index is 0.212. The summed E-state index contributed by atoms with van der Waals surface area (Å²) in [5.74, 6) is 0.570. The third kappa shape index (κ3) is 4.44. The van der Waals surface area contributed by atoms with Crippen molar-refractivity contribution in [1.29, 1.82) is 0 Å². The SMILES string of the molecule is CCOCCN1CCN(C(=O)C2CCCNC2)CC1. The lowest BCUT2D eigenvalue weighted by molar-refractivity contribution is -0.137. The van der Waals surface area contributed by atoms with Crippen molar-refractivity contribution in [3.8, 4) is 0 Å². The molecule has 0 saturated carbocycles. The molecule has 110 valence electrons. The molecule has 1 amide bonds. The highest BCUT2D eigenvalue weighted by atomic mass is 16.5. The van der Waals surface area contributed by atoms with Crippen LogP contribution in [0, 0.1) is 5.92 Å². The summed E-state index contributed by atoms with van der Waals surface area (Å²) in [6.07, 6.45) is 2.18. The second-order valence-electron chi connectivity index (χ2n) is 5.41. The van der Waals surface area contributed by atoms with Gasteiger partial charge in [0.05, 0.1) is 12.5 Å². The van der Waals surface area contributed by atoms with Crippen molar-refractivity contribution in [3.63, 3.8) is 0 Å². The van der Waals surface area contributed by atoms with Gasteiger partial charge in [-0.05, 0) is 26.3 Å². The van der Waals surface area contributed by atoms with Crippen LogP contribution in [0.4, 0.5) is 0 Å². The fourth-order valence-electron chi connectivity index (χ4n) is 2.85. The summed E-state index contributed by atoms with van der Waals surface area (Å²) in [5, 5.41) is 3.32. The molecular formula is C14H27N3O2. The minimum absolute atomic E-state index is 0.212. The summed E-state index contributed by atoms with van der Waals surface area (Å²) in [6.45, 7) is 10.2. The van der Waals surface area contributed by atoms with E-state index in [2.05, 4.69) is 15.1 Å². The maximum absolute atomic E-state index is 12.4. The third-order valence-electron chi connectivity index (χ3n) is 4.09. The standard InChI is InChI=1S/C14H27N3O2/c1-2-19-11-10-16-6-8-17(9-7-16)14(18)13-4-3-5-15-12-13/h13,15H,2-12H2,1H3. The summed E-state index contributed by atoms with van der Waals surface area (Å²) in [6, 6.07) is 0. The predicted molar refractivity (Wildman–Crippen MR) is 75.1 cm³/mol. The first-order chi connectivity index (χ1) is 9.31. The fraction of sp³-hybridized carbons (Fsp3) is 0.929. The average molecular weight is 269 g/mol. The Morgan fingerprint density at radius 3 is 2.74 bits per heavy atom. The maximum atomic E-state index is 12.4. The van der Waals surface area contributed by atoms with Crippen LogP contribution in [-0.2, 0) is 9.53 Å². The van der Waals surface area contributed by atoms with Crippen LogP contribution in [0.1, 0.15) is 19.8 Å². The molecule has 1 atom stereocenters. The summed E-state index contributed by atoms with van der Waals surface area (Å²) in [5.41, 5.74) is 0. The van der Waals surface area contributed by atoms with Gasteiger partial charge in [-0.25, -0.2) is 0 Å². The Hall–Kier alpha value is -0.650. The van der Waals surface area contributed by atoms with Crippen molar-refractivity contribution in [2.45, 2.75) is 19.8 Å². The topological polar surface area (TPSA) is 44.8 Å². The van der Waals surface area contributed by atoms with Crippen LogP contribution in [0.2, 0.25) is 0 Å². The first-order valence-corrected chi connectivity index (χ1v) is 7.61. The maximum Gasteiger partial charge on any atom is 0.227 e. The summed E-state index contributed by atoms with van der Waals surface area (Å²) in [7, 11) is 0. The van der Waals surface area contributed by atoms with Crippen LogP contribution in [0.3, 0.4) is 0 Å². The van der Waals surface area contributed by atoms with Gasteiger partial charge in [0.2, 0.25) is 5.91 Å². The molecule has 5 heteroatoms. The molecule has 2 fully saturated rings. The van der Waals surface area contributed by atoms with Crippen LogP contribution >= 0.6 is 0 Å². The second kappa shape index (κ2) is 7.82. The van der Waals surface area contributed by atoms with Crippen LogP contribution < -0.4 is 5.32 Å². The van der Waals surface area contributed by atoms with Crippen LogP contribution in [0.15, 0.2) is 0 Å². The van der Waals surface area contributed by atoms with E-state index in [1.54, 1.807) is 0 Å². The van der Waals surface area contributed by atoms with Gasteiger partial charge in [-0.2, -0.15) is 0 Å². The molecule has 0 spiro atoms.